The number of rotatable bonds is 5. The Morgan fingerprint density at radius 3 is 2.80 bits per heavy atom. The number of carbonyl (C=O) groups is 1. The number of nitrogens with zero attached hydrogens (tertiary/aromatic N) is 3. The van der Waals surface area contributed by atoms with E-state index in [-0.39, 0.29) is 24.6 Å². The summed E-state index contributed by atoms with van der Waals surface area (Å²) < 4.78 is 11.0. The molecule has 0 bridgehead atoms. The standard InChI is InChI=1S/C12H13N3O5/c1-7-3-4-15(11(16)9(7)12(17)18)5-6-19-10-8(2)13-20-14-10/h3-4H,5-6H2,1-2H3,(H,17,18). The van der Waals surface area contributed by atoms with E-state index in [0.717, 1.165) is 0 Å². The summed E-state index contributed by atoms with van der Waals surface area (Å²) in [7, 11) is 0. The number of aromatic nitrogens is 3. The minimum Gasteiger partial charge on any atom is -0.477 e. The molecule has 0 radical (unpaired) electrons. The third kappa shape index (κ3) is 2.68. The van der Waals surface area contributed by atoms with Gasteiger partial charge >= 0.3 is 5.97 Å². The summed E-state index contributed by atoms with van der Waals surface area (Å²) in [6, 6.07) is 1.58. The lowest BCUT2D eigenvalue weighted by molar-refractivity contribution is 0.0693. The van der Waals surface area contributed by atoms with Crippen molar-refractivity contribution in [1.29, 1.82) is 0 Å². The summed E-state index contributed by atoms with van der Waals surface area (Å²) in [6.45, 7) is 3.60. The van der Waals surface area contributed by atoms with Gasteiger partial charge in [-0.3, -0.25) is 4.79 Å². The number of hydrogen-bond acceptors (Lipinski definition) is 6. The first-order valence-electron chi connectivity index (χ1n) is 5.86. The normalized spacial score (nSPS) is 10.5. The van der Waals surface area contributed by atoms with E-state index < -0.39 is 11.5 Å². The molecule has 0 aliphatic carbocycles. The maximum Gasteiger partial charge on any atom is 0.341 e. The average Bonchev–Trinajstić information content (AvgIpc) is 2.78. The van der Waals surface area contributed by atoms with Crippen molar-refractivity contribution in [1.82, 2.24) is 14.9 Å². The first-order valence-corrected chi connectivity index (χ1v) is 5.86. The second kappa shape index (κ2) is 5.55. The Morgan fingerprint density at radius 2 is 2.20 bits per heavy atom. The highest BCUT2D eigenvalue weighted by Gasteiger charge is 2.14. The molecular formula is C12H13N3O5. The molecule has 0 spiro atoms. The van der Waals surface area contributed by atoms with Gasteiger partial charge in [-0.25, -0.2) is 9.42 Å². The van der Waals surface area contributed by atoms with Crippen LogP contribution in [0.5, 0.6) is 5.88 Å². The minimum atomic E-state index is -1.24. The van der Waals surface area contributed by atoms with Crippen LogP contribution in [0.3, 0.4) is 0 Å². The monoisotopic (exact) mass is 279 g/mol. The fourth-order valence-electron chi connectivity index (χ4n) is 1.70. The van der Waals surface area contributed by atoms with Gasteiger partial charge in [-0.2, -0.15) is 0 Å². The molecule has 8 heteroatoms. The zero-order valence-electron chi connectivity index (χ0n) is 11.0. The lowest BCUT2D eigenvalue weighted by Crippen LogP contribution is -2.28. The number of hydrogen-bond donors (Lipinski definition) is 1. The average molecular weight is 279 g/mol. The summed E-state index contributed by atoms with van der Waals surface area (Å²) >= 11 is 0. The van der Waals surface area contributed by atoms with E-state index in [1.165, 1.54) is 10.8 Å². The van der Waals surface area contributed by atoms with Crippen LogP contribution in [-0.2, 0) is 6.54 Å². The second-order valence-corrected chi connectivity index (χ2v) is 4.18. The minimum absolute atomic E-state index is 0.150. The first kappa shape index (κ1) is 13.8. The number of aromatic carboxylic acids is 1. The predicted molar refractivity (Wildman–Crippen MR) is 66.9 cm³/mol. The molecule has 0 fully saturated rings. The van der Waals surface area contributed by atoms with Gasteiger partial charge in [0.15, 0.2) is 0 Å². The molecule has 0 aliphatic heterocycles. The van der Waals surface area contributed by atoms with Crippen molar-refractivity contribution >= 4 is 5.97 Å². The van der Waals surface area contributed by atoms with Crippen molar-refractivity contribution in [2.75, 3.05) is 6.61 Å². The molecule has 0 atom stereocenters. The van der Waals surface area contributed by atoms with E-state index in [0.29, 0.717) is 11.3 Å². The molecule has 106 valence electrons. The molecule has 0 saturated carbocycles. The van der Waals surface area contributed by atoms with Crippen LogP contribution in [0.15, 0.2) is 21.7 Å². The Hall–Kier alpha value is -2.64. The van der Waals surface area contributed by atoms with Crippen molar-refractivity contribution in [3.8, 4) is 5.88 Å². The van der Waals surface area contributed by atoms with Gasteiger partial charge in [-0.1, -0.05) is 5.16 Å². The third-order valence-electron chi connectivity index (χ3n) is 2.77. The van der Waals surface area contributed by atoms with Crippen molar-refractivity contribution < 1.29 is 19.3 Å². The highest BCUT2D eigenvalue weighted by Crippen LogP contribution is 2.10. The summed E-state index contributed by atoms with van der Waals surface area (Å²) in [4.78, 5) is 23.0. The summed E-state index contributed by atoms with van der Waals surface area (Å²) in [5.41, 5.74) is 0.145. The van der Waals surface area contributed by atoms with Gasteiger partial charge in [0.05, 0.1) is 6.54 Å². The molecule has 2 aromatic rings. The van der Waals surface area contributed by atoms with E-state index in [2.05, 4.69) is 14.9 Å². The lowest BCUT2D eigenvalue weighted by atomic mass is 10.1. The second-order valence-electron chi connectivity index (χ2n) is 4.18. The van der Waals surface area contributed by atoms with Gasteiger partial charge in [-0.05, 0) is 30.6 Å². The Balaban J connectivity index is 2.11. The van der Waals surface area contributed by atoms with E-state index >= 15 is 0 Å². The van der Waals surface area contributed by atoms with E-state index in [4.69, 9.17) is 9.84 Å². The number of carboxylic acid groups (broad SMARTS) is 1. The molecule has 0 saturated heterocycles. The molecule has 1 N–H and O–H groups in total. The molecule has 0 unspecified atom stereocenters. The maximum atomic E-state index is 12.0. The van der Waals surface area contributed by atoms with Crippen LogP contribution in [0, 0.1) is 13.8 Å². The van der Waals surface area contributed by atoms with Gasteiger partial charge in [-0.15, -0.1) is 0 Å². The molecule has 20 heavy (non-hydrogen) atoms. The van der Waals surface area contributed by atoms with Crippen LogP contribution in [0.1, 0.15) is 21.6 Å². The highest BCUT2D eigenvalue weighted by molar-refractivity contribution is 5.88. The number of ether oxygens (including phenoxy) is 1. The SMILES string of the molecule is Cc1ccn(CCOc2nonc2C)c(=O)c1C(=O)O. The summed E-state index contributed by atoms with van der Waals surface area (Å²) in [6.07, 6.45) is 1.53. The molecular weight excluding hydrogens is 266 g/mol. The Labute approximate surface area is 113 Å². The van der Waals surface area contributed by atoms with Crippen LogP contribution >= 0.6 is 0 Å². The van der Waals surface area contributed by atoms with Crippen LogP contribution in [0.4, 0.5) is 0 Å². The molecule has 0 aromatic carbocycles. The predicted octanol–water partition coefficient (Wildman–Crippen LogP) is 0.625. The Morgan fingerprint density at radius 1 is 1.45 bits per heavy atom. The fourth-order valence-corrected chi connectivity index (χ4v) is 1.70. The zero-order valence-corrected chi connectivity index (χ0v) is 11.0. The summed E-state index contributed by atoms with van der Waals surface area (Å²) in [5.74, 6) is -0.983. The number of carboxylic acids is 1. The molecule has 2 aromatic heterocycles. The maximum absolute atomic E-state index is 12.0. The van der Waals surface area contributed by atoms with Crippen molar-refractivity contribution in [2.45, 2.75) is 20.4 Å². The van der Waals surface area contributed by atoms with Gasteiger partial charge in [0.25, 0.3) is 11.4 Å². The van der Waals surface area contributed by atoms with Crippen molar-refractivity contribution in [2.24, 2.45) is 0 Å². The molecule has 2 heterocycles. The van der Waals surface area contributed by atoms with Crippen molar-refractivity contribution in [3.05, 3.63) is 39.4 Å². The highest BCUT2D eigenvalue weighted by atomic mass is 16.6. The largest absolute Gasteiger partial charge is 0.477 e. The van der Waals surface area contributed by atoms with Crippen LogP contribution in [-0.4, -0.2) is 32.6 Å². The molecule has 0 aliphatic rings. The summed E-state index contributed by atoms with van der Waals surface area (Å²) in [5, 5.41) is 16.1. The molecule has 0 amide bonds. The van der Waals surface area contributed by atoms with Crippen molar-refractivity contribution in [3.63, 3.8) is 0 Å². The van der Waals surface area contributed by atoms with Gasteiger partial charge in [0, 0.05) is 6.20 Å². The first-order chi connectivity index (χ1) is 9.50. The third-order valence-corrected chi connectivity index (χ3v) is 2.77. The molecule has 2 rings (SSSR count). The molecule has 8 nitrogen and oxygen atoms in total. The Kier molecular flexibility index (Phi) is 3.83. The van der Waals surface area contributed by atoms with Gasteiger partial charge in [0.1, 0.15) is 17.9 Å². The van der Waals surface area contributed by atoms with Gasteiger partial charge in [0.2, 0.25) is 0 Å². The van der Waals surface area contributed by atoms with Crippen LogP contribution in [0.2, 0.25) is 0 Å². The van der Waals surface area contributed by atoms with E-state index in [1.54, 1.807) is 19.9 Å². The van der Waals surface area contributed by atoms with Gasteiger partial charge < -0.3 is 14.4 Å². The van der Waals surface area contributed by atoms with E-state index in [1.807, 2.05) is 0 Å². The topological polar surface area (TPSA) is 107 Å². The van der Waals surface area contributed by atoms with Crippen LogP contribution < -0.4 is 10.3 Å². The number of aryl methyl sites for hydroxylation is 2. The van der Waals surface area contributed by atoms with E-state index in [9.17, 15) is 9.59 Å². The quantitative estimate of drug-likeness (QED) is 0.854. The number of pyridine rings is 1. The fraction of sp³-hybridized carbons (Fsp3) is 0.333. The Bertz CT molecular complexity index is 689. The van der Waals surface area contributed by atoms with Crippen LogP contribution in [0.25, 0.3) is 0 Å². The lowest BCUT2D eigenvalue weighted by Gasteiger charge is -2.08. The zero-order chi connectivity index (χ0) is 14.7. The smallest absolute Gasteiger partial charge is 0.341 e.